The monoisotopic (exact) mass is 414 g/mol. The van der Waals surface area contributed by atoms with Gasteiger partial charge in [-0.05, 0) is 31.4 Å². The van der Waals surface area contributed by atoms with Crippen molar-refractivity contribution in [3.8, 4) is 11.1 Å². The lowest BCUT2D eigenvalue weighted by Gasteiger charge is -2.39. The maximum atomic E-state index is 13.6. The quantitative estimate of drug-likeness (QED) is 0.568. The summed E-state index contributed by atoms with van der Waals surface area (Å²) < 4.78 is 28.7. The molecule has 0 unspecified atom stereocenters. The minimum absolute atomic E-state index is 0.00837. The number of carbonyl (C=O) groups excluding carboxylic acids is 1. The van der Waals surface area contributed by atoms with Crippen molar-refractivity contribution in [2.24, 2.45) is 16.9 Å². The zero-order valence-electron chi connectivity index (χ0n) is 17.0. The van der Waals surface area contributed by atoms with Crippen LogP contribution in [0.25, 0.3) is 16.6 Å². The number of aromatic nitrogens is 3. The van der Waals surface area contributed by atoms with Gasteiger partial charge in [0.1, 0.15) is 0 Å². The van der Waals surface area contributed by atoms with Crippen LogP contribution in [0.4, 0.5) is 14.5 Å². The number of hydrogen-bond acceptors (Lipinski definition) is 5. The number of nitrogens with one attached hydrogen (secondary N) is 1. The Bertz CT molecular complexity index is 1130. The van der Waals surface area contributed by atoms with E-state index in [9.17, 15) is 13.6 Å². The Balaban J connectivity index is 1.84. The molecule has 1 saturated carbocycles. The molecule has 1 aliphatic rings. The molecule has 7 nitrogen and oxygen atoms in total. The number of anilines is 1. The highest BCUT2D eigenvalue weighted by Gasteiger charge is 2.49. The largest absolute Gasteiger partial charge is 0.379 e. The Hall–Kier alpha value is -3.07. The maximum absolute atomic E-state index is 13.6. The van der Waals surface area contributed by atoms with Crippen LogP contribution in [-0.4, -0.2) is 32.1 Å². The Morgan fingerprint density at radius 1 is 1.20 bits per heavy atom. The van der Waals surface area contributed by atoms with Gasteiger partial charge in [-0.3, -0.25) is 4.79 Å². The van der Waals surface area contributed by atoms with Gasteiger partial charge in [-0.25, -0.2) is 4.52 Å². The average molecular weight is 414 g/mol. The molecule has 3 heterocycles. The number of nitrogens with two attached hydrogens (primary N) is 2. The smallest absolute Gasteiger partial charge is 0.252 e. The molecule has 1 fully saturated rings. The van der Waals surface area contributed by atoms with Crippen LogP contribution < -0.4 is 16.8 Å². The second-order valence-corrected chi connectivity index (χ2v) is 8.73. The fourth-order valence-electron chi connectivity index (χ4n) is 4.14. The summed E-state index contributed by atoms with van der Waals surface area (Å²) in [5, 5.41) is 7.71. The van der Waals surface area contributed by atoms with E-state index in [4.69, 9.17) is 11.5 Å². The molecule has 30 heavy (non-hydrogen) atoms. The van der Waals surface area contributed by atoms with E-state index in [-0.39, 0.29) is 22.6 Å². The number of fused-ring (bicyclic) bond motifs is 1. The Morgan fingerprint density at radius 2 is 1.87 bits per heavy atom. The molecule has 1 aliphatic carbocycles. The minimum atomic E-state index is -0.917. The van der Waals surface area contributed by atoms with Crippen LogP contribution in [0.15, 0.2) is 30.6 Å². The molecule has 0 bridgehead atoms. The molecule has 1 amide bonds. The molecular formula is C21H24F2N6O. The van der Waals surface area contributed by atoms with Gasteiger partial charge in [0.25, 0.3) is 5.91 Å². The van der Waals surface area contributed by atoms with Gasteiger partial charge in [0.2, 0.25) is 11.9 Å². The molecule has 9 heteroatoms. The summed E-state index contributed by atoms with van der Waals surface area (Å²) in [5.74, 6) is -2.46. The van der Waals surface area contributed by atoms with E-state index in [1.807, 2.05) is 6.92 Å². The predicted octanol–water partition coefficient (Wildman–Crippen LogP) is 3.09. The summed E-state index contributed by atoms with van der Waals surface area (Å²) >= 11 is 0. The van der Waals surface area contributed by atoms with Gasteiger partial charge in [0.05, 0.1) is 23.0 Å². The molecule has 2 atom stereocenters. The number of hydrogen-bond donors (Lipinski definition) is 3. The Labute approximate surface area is 172 Å². The van der Waals surface area contributed by atoms with E-state index in [0.29, 0.717) is 22.3 Å². The fourth-order valence-corrected chi connectivity index (χ4v) is 4.14. The summed E-state index contributed by atoms with van der Waals surface area (Å²) in [6.45, 7) is 6.20. The zero-order chi connectivity index (χ0) is 21.8. The van der Waals surface area contributed by atoms with Crippen molar-refractivity contribution in [1.82, 2.24) is 14.6 Å². The first kappa shape index (κ1) is 20.2. The summed E-state index contributed by atoms with van der Waals surface area (Å²) in [6, 6.07) is 3.98. The fraction of sp³-hybridized carbons (Fsp3) is 0.381. The zero-order valence-corrected chi connectivity index (χ0v) is 17.0. The molecule has 3 aromatic heterocycles. The molecule has 0 aliphatic heterocycles. The standard InChI is InChI=1S/C21H24F2N6O/c1-20(2)15(4-5-21(20,3)25)27-18-13(19(24)30)9-26-29-10-12(6-14(18)29)11-7-16(22)28-17(23)8-11/h6-10,15,27H,4-5,25H2,1-3H3,(H2,24,30)/t15-,21+/m1/s1. The van der Waals surface area contributed by atoms with Crippen molar-refractivity contribution < 1.29 is 13.6 Å². The van der Waals surface area contributed by atoms with Gasteiger partial charge in [-0.1, -0.05) is 13.8 Å². The third kappa shape index (κ3) is 3.19. The Kier molecular flexibility index (Phi) is 4.54. The van der Waals surface area contributed by atoms with Crippen LogP contribution in [0.5, 0.6) is 0 Å². The van der Waals surface area contributed by atoms with Crippen LogP contribution in [0.1, 0.15) is 44.0 Å². The topological polar surface area (TPSA) is 111 Å². The van der Waals surface area contributed by atoms with Gasteiger partial charge < -0.3 is 16.8 Å². The molecule has 0 spiro atoms. The molecule has 158 valence electrons. The van der Waals surface area contributed by atoms with E-state index in [1.165, 1.54) is 6.20 Å². The van der Waals surface area contributed by atoms with E-state index in [2.05, 4.69) is 29.2 Å². The number of primary amides is 1. The SMILES string of the molecule is CC1(C)[C@H](Nc2c(C(N)=O)cnn3cc(-c4cc(F)nc(F)c4)cc23)CC[C@]1(C)N. The first-order valence-corrected chi connectivity index (χ1v) is 9.70. The van der Waals surface area contributed by atoms with Gasteiger partial charge in [-0.15, -0.1) is 0 Å². The number of carbonyl (C=O) groups is 1. The minimum Gasteiger partial charge on any atom is -0.379 e. The van der Waals surface area contributed by atoms with Gasteiger partial charge in [0.15, 0.2) is 0 Å². The lowest BCUT2D eigenvalue weighted by atomic mass is 9.75. The van der Waals surface area contributed by atoms with E-state index < -0.39 is 17.8 Å². The normalized spacial score (nSPS) is 23.1. The highest BCUT2D eigenvalue weighted by molar-refractivity contribution is 6.02. The van der Waals surface area contributed by atoms with Crippen LogP contribution in [0, 0.1) is 17.3 Å². The lowest BCUT2D eigenvalue weighted by Crippen LogP contribution is -2.51. The third-order valence-corrected chi connectivity index (χ3v) is 6.61. The first-order chi connectivity index (χ1) is 14.0. The highest BCUT2D eigenvalue weighted by Crippen LogP contribution is 2.46. The van der Waals surface area contributed by atoms with Gasteiger partial charge in [-0.2, -0.15) is 18.9 Å². The van der Waals surface area contributed by atoms with Crippen LogP contribution >= 0.6 is 0 Å². The van der Waals surface area contributed by atoms with Crippen molar-refractivity contribution in [3.05, 3.63) is 48.1 Å². The number of nitrogens with zero attached hydrogens (tertiary/aromatic N) is 3. The molecular weight excluding hydrogens is 390 g/mol. The van der Waals surface area contributed by atoms with Gasteiger partial charge in [0, 0.05) is 40.9 Å². The molecule has 4 rings (SSSR count). The number of halogens is 2. The summed E-state index contributed by atoms with van der Waals surface area (Å²) in [6.07, 6.45) is 4.67. The molecule has 0 aromatic carbocycles. The van der Waals surface area contributed by atoms with Gasteiger partial charge >= 0.3 is 0 Å². The highest BCUT2D eigenvalue weighted by atomic mass is 19.1. The number of pyridine rings is 1. The number of rotatable bonds is 4. The van der Waals surface area contributed by atoms with Crippen LogP contribution in [0.3, 0.4) is 0 Å². The Morgan fingerprint density at radius 3 is 2.43 bits per heavy atom. The van der Waals surface area contributed by atoms with Crippen LogP contribution in [0.2, 0.25) is 0 Å². The van der Waals surface area contributed by atoms with E-state index >= 15 is 0 Å². The second kappa shape index (κ2) is 6.73. The van der Waals surface area contributed by atoms with Crippen molar-refractivity contribution >= 4 is 17.1 Å². The van der Waals surface area contributed by atoms with Crippen molar-refractivity contribution in [2.75, 3.05) is 5.32 Å². The first-order valence-electron chi connectivity index (χ1n) is 9.70. The van der Waals surface area contributed by atoms with E-state index in [0.717, 1.165) is 25.0 Å². The third-order valence-electron chi connectivity index (χ3n) is 6.61. The summed E-state index contributed by atoms with van der Waals surface area (Å²) in [5.41, 5.74) is 13.6. The molecule has 5 N–H and O–H groups in total. The van der Waals surface area contributed by atoms with Crippen LogP contribution in [-0.2, 0) is 0 Å². The van der Waals surface area contributed by atoms with E-state index in [1.54, 1.807) is 16.8 Å². The average Bonchev–Trinajstić information content (AvgIpc) is 3.15. The van der Waals surface area contributed by atoms with Crippen molar-refractivity contribution in [3.63, 3.8) is 0 Å². The second-order valence-electron chi connectivity index (χ2n) is 8.73. The maximum Gasteiger partial charge on any atom is 0.252 e. The molecule has 0 radical (unpaired) electrons. The predicted molar refractivity (Wildman–Crippen MR) is 110 cm³/mol. The van der Waals surface area contributed by atoms with Crippen molar-refractivity contribution in [2.45, 2.75) is 45.2 Å². The molecule has 3 aromatic rings. The summed E-state index contributed by atoms with van der Waals surface area (Å²) in [4.78, 5) is 15.2. The number of amides is 1. The molecule has 0 saturated heterocycles. The lowest BCUT2D eigenvalue weighted by molar-refractivity contribution is 0.100. The van der Waals surface area contributed by atoms with Crippen molar-refractivity contribution in [1.29, 1.82) is 0 Å². The summed E-state index contributed by atoms with van der Waals surface area (Å²) in [7, 11) is 0.